The maximum Gasteiger partial charge on any atom is 0.240 e. The molecule has 0 atom stereocenters. The first kappa shape index (κ1) is 17.4. The molecule has 0 unspecified atom stereocenters. The van der Waals surface area contributed by atoms with Gasteiger partial charge in [-0.3, -0.25) is 9.69 Å². The topological polar surface area (TPSA) is 75.9 Å². The average molecular weight is 367 g/mol. The largest absolute Gasteiger partial charge is 0.309 e. The summed E-state index contributed by atoms with van der Waals surface area (Å²) in [6.45, 7) is 4.34. The molecule has 3 heterocycles. The number of nitrogens with zero attached hydrogens (tertiary/aromatic N) is 5. The Morgan fingerprint density at radius 2 is 2.21 bits per heavy atom. The fourth-order valence-electron chi connectivity index (χ4n) is 2.93. The van der Waals surface area contributed by atoms with Crippen molar-refractivity contribution >= 4 is 34.1 Å². The number of anilines is 1. The van der Waals surface area contributed by atoms with Crippen molar-refractivity contribution in [3.63, 3.8) is 0 Å². The Labute approximate surface area is 149 Å². The Morgan fingerprint density at radius 1 is 1.42 bits per heavy atom. The number of thioether (sulfide) groups is 1. The van der Waals surface area contributed by atoms with E-state index in [4.69, 9.17) is 0 Å². The molecule has 1 aliphatic rings. The number of amides is 1. The average Bonchev–Trinajstić information content (AvgIpc) is 3.20. The lowest BCUT2D eigenvalue weighted by Gasteiger charge is -2.30. The number of aromatic nitrogens is 4. The number of nitrogens with one attached hydrogen (secondary N) is 1. The Balaban J connectivity index is 1.49. The van der Waals surface area contributed by atoms with Crippen LogP contribution in [0, 0.1) is 0 Å². The van der Waals surface area contributed by atoms with Gasteiger partial charge in [-0.2, -0.15) is 0 Å². The molecule has 7 nitrogen and oxygen atoms in total. The van der Waals surface area contributed by atoms with Crippen molar-refractivity contribution in [1.29, 1.82) is 0 Å². The molecule has 1 aliphatic heterocycles. The van der Waals surface area contributed by atoms with Crippen LogP contribution < -0.4 is 5.32 Å². The predicted octanol–water partition coefficient (Wildman–Crippen LogP) is 2.20. The summed E-state index contributed by atoms with van der Waals surface area (Å²) in [5.74, 6) is 2.49. The third-order valence-corrected chi connectivity index (χ3v) is 5.73. The predicted molar refractivity (Wildman–Crippen MR) is 96.6 cm³/mol. The maximum atomic E-state index is 12.0. The lowest BCUT2D eigenvalue weighted by molar-refractivity contribution is -0.117. The van der Waals surface area contributed by atoms with E-state index in [9.17, 15) is 4.79 Å². The molecule has 1 N–H and O–H groups in total. The highest BCUT2D eigenvalue weighted by atomic mass is 32.2. The summed E-state index contributed by atoms with van der Waals surface area (Å²) in [5, 5.41) is 15.0. The van der Waals surface area contributed by atoms with E-state index in [2.05, 4.69) is 36.9 Å². The summed E-state index contributed by atoms with van der Waals surface area (Å²) in [5.41, 5.74) is 0. The number of hydrogen-bond donors (Lipinski definition) is 1. The molecular formula is C15H22N6OS2. The van der Waals surface area contributed by atoms with Crippen molar-refractivity contribution in [2.75, 3.05) is 30.7 Å². The van der Waals surface area contributed by atoms with Gasteiger partial charge in [0.1, 0.15) is 5.82 Å². The highest BCUT2D eigenvalue weighted by Crippen LogP contribution is 2.28. The van der Waals surface area contributed by atoms with Crippen molar-refractivity contribution in [1.82, 2.24) is 24.6 Å². The molecule has 0 saturated carbocycles. The van der Waals surface area contributed by atoms with Crippen LogP contribution in [0.15, 0.2) is 16.7 Å². The minimum Gasteiger partial charge on any atom is -0.309 e. The van der Waals surface area contributed by atoms with Gasteiger partial charge in [-0.05, 0) is 31.7 Å². The molecule has 0 aromatic carbocycles. The highest BCUT2D eigenvalue weighted by Gasteiger charge is 2.26. The first-order chi connectivity index (χ1) is 11.7. The monoisotopic (exact) mass is 366 g/mol. The van der Waals surface area contributed by atoms with E-state index in [1.54, 1.807) is 18.0 Å². The van der Waals surface area contributed by atoms with Crippen LogP contribution in [0.5, 0.6) is 0 Å². The van der Waals surface area contributed by atoms with Crippen LogP contribution >= 0.6 is 23.1 Å². The molecule has 130 valence electrons. The SMILES string of the molecule is CCSc1nnc(C2CCN(CC(=O)Nc3nccs3)CC2)n1C. The van der Waals surface area contributed by atoms with Crippen LogP contribution in [0.25, 0.3) is 0 Å². The number of piperidine rings is 1. The zero-order chi connectivity index (χ0) is 16.9. The molecule has 0 bridgehead atoms. The van der Waals surface area contributed by atoms with E-state index in [0.29, 0.717) is 17.6 Å². The van der Waals surface area contributed by atoms with Crippen molar-refractivity contribution in [2.45, 2.75) is 30.8 Å². The quantitative estimate of drug-likeness (QED) is 0.790. The van der Waals surface area contributed by atoms with Crippen molar-refractivity contribution < 1.29 is 4.79 Å². The van der Waals surface area contributed by atoms with Crippen molar-refractivity contribution in [3.05, 3.63) is 17.4 Å². The van der Waals surface area contributed by atoms with Gasteiger partial charge in [0.15, 0.2) is 10.3 Å². The van der Waals surface area contributed by atoms with Crippen LogP contribution in [0.3, 0.4) is 0 Å². The molecule has 2 aromatic heterocycles. The molecule has 1 saturated heterocycles. The molecule has 0 radical (unpaired) electrons. The summed E-state index contributed by atoms with van der Waals surface area (Å²) in [4.78, 5) is 18.3. The number of carbonyl (C=O) groups excluding carboxylic acids is 1. The Bertz CT molecular complexity index is 664. The highest BCUT2D eigenvalue weighted by molar-refractivity contribution is 7.99. The number of likely N-dealkylation sites (tertiary alicyclic amines) is 1. The van der Waals surface area contributed by atoms with E-state index in [0.717, 1.165) is 42.7 Å². The van der Waals surface area contributed by atoms with Gasteiger partial charge in [-0.25, -0.2) is 4.98 Å². The lowest BCUT2D eigenvalue weighted by atomic mass is 9.96. The summed E-state index contributed by atoms with van der Waals surface area (Å²) in [7, 11) is 2.04. The molecule has 2 aromatic rings. The van der Waals surface area contributed by atoms with Gasteiger partial charge in [0, 0.05) is 24.5 Å². The molecular weight excluding hydrogens is 344 g/mol. The summed E-state index contributed by atoms with van der Waals surface area (Å²) in [6.07, 6.45) is 3.71. The van der Waals surface area contributed by atoms with Gasteiger partial charge in [0.25, 0.3) is 0 Å². The Hall–Kier alpha value is -1.45. The van der Waals surface area contributed by atoms with Gasteiger partial charge in [0.2, 0.25) is 5.91 Å². The molecule has 24 heavy (non-hydrogen) atoms. The van der Waals surface area contributed by atoms with E-state index in [1.807, 2.05) is 12.4 Å². The minimum absolute atomic E-state index is 0.00342. The third kappa shape index (κ3) is 4.14. The summed E-state index contributed by atoms with van der Waals surface area (Å²) in [6, 6.07) is 0. The number of thiazole rings is 1. The first-order valence-corrected chi connectivity index (χ1v) is 9.97. The minimum atomic E-state index is 0.00342. The molecule has 0 aliphatic carbocycles. The number of carbonyl (C=O) groups is 1. The van der Waals surface area contributed by atoms with E-state index in [-0.39, 0.29) is 5.91 Å². The smallest absolute Gasteiger partial charge is 0.240 e. The standard InChI is InChI=1S/C15H22N6OS2/c1-3-23-15-19-18-13(20(15)2)11-4-7-21(8-5-11)10-12(22)17-14-16-6-9-24-14/h6,9,11H,3-5,7-8,10H2,1-2H3,(H,16,17,22). The maximum absolute atomic E-state index is 12.0. The second kappa shape index (κ2) is 8.09. The normalized spacial score (nSPS) is 16.4. The van der Waals surface area contributed by atoms with Crippen LogP contribution in [-0.2, 0) is 11.8 Å². The first-order valence-electron chi connectivity index (χ1n) is 8.11. The molecule has 1 fully saturated rings. The molecule has 0 spiro atoms. The third-order valence-electron chi connectivity index (χ3n) is 4.14. The van der Waals surface area contributed by atoms with Crippen molar-refractivity contribution in [2.24, 2.45) is 7.05 Å². The van der Waals surface area contributed by atoms with Crippen LogP contribution in [0.1, 0.15) is 31.5 Å². The van der Waals surface area contributed by atoms with E-state index >= 15 is 0 Å². The summed E-state index contributed by atoms with van der Waals surface area (Å²) >= 11 is 3.16. The molecule has 3 rings (SSSR count). The lowest BCUT2D eigenvalue weighted by Crippen LogP contribution is -2.39. The summed E-state index contributed by atoms with van der Waals surface area (Å²) < 4.78 is 2.11. The van der Waals surface area contributed by atoms with Gasteiger partial charge in [-0.15, -0.1) is 21.5 Å². The van der Waals surface area contributed by atoms with Crippen molar-refractivity contribution in [3.8, 4) is 0 Å². The van der Waals surface area contributed by atoms with Gasteiger partial charge < -0.3 is 9.88 Å². The Morgan fingerprint density at radius 3 is 2.88 bits per heavy atom. The molecule has 9 heteroatoms. The van der Waals surface area contributed by atoms with Crippen LogP contribution in [-0.4, -0.2) is 55.9 Å². The zero-order valence-corrected chi connectivity index (χ0v) is 15.6. The Kier molecular flexibility index (Phi) is 5.85. The molecule has 1 amide bonds. The second-order valence-electron chi connectivity index (χ2n) is 5.77. The van der Waals surface area contributed by atoms with Crippen LogP contribution in [0.2, 0.25) is 0 Å². The fourth-order valence-corrected chi connectivity index (χ4v) is 4.12. The second-order valence-corrected chi connectivity index (χ2v) is 7.89. The van der Waals surface area contributed by atoms with Gasteiger partial charge >= 0.3 is 0 Å². The fraction of sp³-hybridized carbons (Fsp3) is 0.600. The van der Waals surface area contributed by atoms with Crippen LogP contribution in [0.4, 0.5) is 5.13 Å². The van der Waals surface area contributed by atoms with Gasteiger partial charge in [0.05, 0.1) is 6.54 Å². The zero-order valence-electron chi connectivity index (χ0n) is 13.9. The van der Waals surface area contributed by atoms with E-state index < -0.39 is 0 Å². The number of hydrogen-bond acceptors (Lipinski definition) is 7. The number of rotatable bonds is 6. The van der Waals surface area contributed by atoms with E-state index in [1.165, 1.54) is 11.3 Å². The van der Waals surface area contributed by atoms with Gasteiger partial charge in [-0.1, -0.05) is 18.7 Å².